The van der Waals surface area contributed by atoms with E-state index in [1.54, 1.807) is 11.0 Å². The number of thiophene rings is 1. The average molecular weight is 365 g/mol. The number of hydrogen-bond acceptors (Lipinski definition) is 4. The van der Waals surface area contributed by atoms with Crippen molar-refractivity contribution in [2.24, 2.45) is 5.92 Å². The molecule has 1 amide bonds. The number of rotatable bonds is 5. The maximum atomic E-state index is 12.5. The first-order valence-corrected chi connectivity index (χ1v) is 10.1. The maximum Gasteiger partial charge on any atom is 0.252 e. The predicted molar refractivity (Wildman–Crippen MR) is 88.7 cm³/mol. The summed E-state index contributed by atoms with van der Waals surface area (Å²) >= 11 is 6.88. The molecule has 5 nitrogen and oxygen atoms in total. The number of carbonyl (C=O) groups is 1. The summed E-state index contributed by atoms with van der Waals surface area (Å²) in [5, 5.41) is 0. The quantitative estimate of drug-likeness (QED) is 0.807. The number of amides is 1. The molecular formula is C14H21ClN2O3S2. The molecule has 1 aliphatic heterocycles. The summed E-state index contributed by atoms with van der Waals surface area (Å²) in [5.74, 6) is 0.181. The van der Waals surface area contributed by atoms with Crippen LogP contribution >= 0.6 is 22.9 Å². The van der Waals surface area contributed by atoms with Crippen LogP contribution in [0.5, 0.6) is 0 Å². The third-order valence-corrected chi connectivity index (χ3v) is 7.63. The second-order valence-corrected chi connectivity index (χ2v) is 9.18. The molecule has 0 aromatic carbocycles. The largest absolute Gasteiger partial charge is 0.340 e. The first kappa shape index (κ1) is 17.7. The fourth-order valence-electron chi connectivity index (χ4n) is 2.61. The molecule has 0 unspecified atom stereocenters. The van der Waals surface area contributed by atoms with Crippen molar-refractivity contribution in [2.75, 3.05) is 26.2 Å². The van der Waals surface area contributed by atoms with Gasteiger partial charge in [0.25, 0.3) is 10.0 Å². The average Bonchev–Trinajstić information content (AvgIpc) is 2.96. The van der Waals surface area contributed by atoms with Crippen LogP contribution in [0.1, 0.15) is 26.7 Å². The first-order valence-electron chi connectivity index (χ1n) is 7.44. The zero-order valence-corrected chi connectivity index (χ0v) is 15.2. The fraction of sp³-hybridized carbons (Fsp3) is 0.643. The van der Waals surface area contributed by atoms with E-state index in [4.69, 9.17) is 11.6 Å². The van der Waals surface area contributed by atoms with Crippen molar-refractivity contribution in [3.63, 3.8) is 0 Å². The van der Waals surface area contributed by atoms with Gasteiger partial charge in [-0.3, -0.25) is 4.79 Å². The highest BCUT2D eigenvalue weighted by Crippen LogP contribution is 2.28. The summed E-state index contributed by atoms with van der Waals surface area (Å²) in [4.78, 5) is 14.1. The normalized spacial score (nSPS) is 17.2. The molecule has 22 heavy (non-hydrogen) atoms. The standard InChI is InChI=1S/C14H21ClN2O3S2/c1-3-11(4-2)14(18)16-7-9-17(10-8-16)22(19,20)13-6-5-12(15)21-13/h5-6,11H,3-4,7-10H2,1-2H3. The van der Waals surface area contributed by atoms with E-state index in [0.29, 0.717) is 30.5 Å². The lowest BCUT2D eigenvalue weighted by Crippen LogP contribution is -2.51. The van der Waals surface area contributed by atoms with Gasteiger partial charge in [-0.05, 0) is 25.0 Å². The lowest BCUT2D eigenvalue weighted by molar-refractivity contribution is -0.136. The molecule has 2 heterocycles. The van der Waals surface area contributed by atoms with E-state index >= 15 is 0 Å². The van der Waals surface area contributed by atoms with Crippen LogP contribution in [0.15, 0.2) is 16.3 Å². The Morgan fingerprint density at radius 3 is 2.27 bits per heavy atom. The summed E-state index contributed by atoms with van der Waals surface area (Å²) in [6.07, 6.45) is 1.64. The van der Waals surface area contributed by atoms with Crippen LogP contribution in [0.2, 0.25) is 4.34 Å². The van der Waals surface area contributed by atoms with E-state index in [0.717, 1.165) is 24.2 Å². The molecule has 0 N–H and O–H groups in total. The van der Waals surface area contributed by atoms with Gasteiger partial charge in [-0.25, -0.2) is 8.42 Å². The van der Waals surface area contributed by atoms with Gasteiger partial charge in [0.15, 0.2) is 0 Å². The smallest absolute Gasteiger partial charge is 0.252 e. The molecule has 0 spiro atoms. The van der Waals surface area contributed by atoms with Gasteiger partial charge < -0.3 is 4.90 Å². The Labute approximate surface area is 140 Å². The van der Waals surface area contributed by atoms with Crippen LogP contribution in [-0.4, -0.2) is 49.7 Å². The van der Waals surface area contributed by atoms with Crippen LogP contribution in [0.25, 0.3) is 0 Å². The Hall–Kier alpha value is -0.630. The molecule has 1 fully saturated rings. The molecule has 8 heteroatoms. The second-order valence-electron chi connectivity index (χ2n) is 5.30. The number of nitrogens with zero attached hydrogens (tertiary/aromatic N) is 2. The predicted octanol–water partition coefficient (Wildman–Crippen LogP) is 2.67. The molecule has 0 aliphatic carbocycles. The molecule has 2 rings (SSSR count). The van der Waals surface area contributed by atoms with E-state index in [1.807, 2.05) is 13.8 Å². The van der Waals surface area contributed by atoms with Crippen molar-refractivity contribution >= 4 is 38.9 Å². The van der Waals surface area contributed by atoms with Crippen molar-refractivity contribution in [3.05, 3.63) is 16.5 Å². The third kappa shape index (κ3) is 3.64. The van der Waals surface area contributed by atoms with Crippen molar-refractivity contribution in [2.45, 2.75) is 30.9 Å². The Morgan fingerprint density at radius 1 is 1.23 bits per heavy atom. The zero-order chi connectivity index (χ0) is 16.3. The van der Waals surface area contributed by atoms with Gasteiger partial charge in [0, 0.05) is 32.1 Å². The molecule has 1 aliphatic rings. The molecule has 1 aromatic heterocycles. The highest BCUT2D eigenvalue weighted by molar-refractivity contribution is 7.91. The van der Waals surface area contributed by atoms with Gasteiger partial charge >= 0.3 is 0 Å². The van der Waals surface area contributed by atoms with Crippen LogP contribution in [0, 0.1) is 5.92 Å². The van der Waals surface area contributed by atoms with Crippen LogP contribution in [-0.2, 0) is 14.8 Å². The molecule has 1 aromatic rings. The SMILES string of the molecule is CCC(CC)C(=O)N1CCN(S(=O)(=O)c2ccc(Cl)s2)CC1. The topological polar surface area (TPSA) is 57.7 Å². The minimum Gasteiger partial charge on any atom is -0.340 e. The van der Waals surface area contributed by atoms with Gasteiger partial charge in [0.2, 0.25) is 5.91 Å². The number of piperazine rings is 1. The molecule has 0 bridgehead atoms. The molecule has 0 atom stereocenters. The molecule has 0 radical (unpaired) electrons. The number of hydrogen-bond donors (Lipinski definition) is 0. The summed E-state index contributed by atoms with van der Waals surface area (Å²) in [6, 6.07) is 3.12. The fourth-order valence-corrected chi connectivity index (χ4v) is 5.67. The number of carbonyl (C=O) groups excluding carboxylic acids is 1. The Morgan fingerprint density at radius 2 is 1.82 bits per heavy atom. The third-order valence-electron chi connectivity index (χ3n) is 4.03. The Bertz CT molecular complexity index is 618. The first-order chi connectivity index (χ1) is 10.4. The van der Waals surface area contributed by atoms with Gasteiger partial charge in [0.05, 0.1) is 4.34 Å². The van der Waals surface area contributed by atoms with Gasteiger partial charge in [-0.1, -0.05) is 25.4 Å². The van der Waals surface area contributed by atoms with Crippen molar-refractivity contribution in [1.82, 2.24) is 9.21 Å². The summed E-state index contributed by atoms with van der Waals surface area (Å²) in [6.45, 7) is 5.59. The van der Waals surface area contributed by atoms with Crippen molar-refractivity contribution in [3.8, 4) is 0 Å². The maximum absolute atomic E-state index is 12.5. The Balaban J connectivity index is 2.01. The number of halogens is 1. The van der Waals surface area contributed by atoms with Crippen molar-refractivity contribution < 1.29 is 13.2 Å². The van der Waals surface area contributed by atoms with Crippen molar-refractivity contribution in [1.29, 1.82) is 0 Å². The van der Waals surface area contributed by atoms with E-state index in [1.165, 1.54) is 10.4 Å². The van der Waals surface area contributed by atoms with Crippen LogP contribution < -0.4 is 0 Å². The highest BCUT2D eigenvalue weighted by Gasteiger charge is 2.32. The molecule has 1 saturated heterocycles. The van der Waals surface area contributed by atoms with E-state index in [-0.39, 0.29) is 16.0 Å². The minimum atomic E-state index is -3.49. The zero-order valence-electron chi connectivity index (χ0n) is 12.8. The molecule has 0 saturated carbocycles. The van der Waals surface area contributed by atoms with Crippen LogP contribution in [0.4, 0.5) is 0 Å². The van der Waals surface area contributed by atoms with Crippen LogP contribution in [0.3, 0.4) is 0 Å². The minimum absolute atomic E-state index is 0.0410. The summed E-state index contributed by atoms with van der Waals surface area (Å²) < 4.78 is 27.2. The molecule has 124 valence electrons. The monoisotopic (exact) mass is 364 g/mol. The van der Waals surface area contributed by atoms with E-state index in [9.17, 15) is 13.2 Å². The second kappa shape index (κ2) is 7.29. The van der Waals surface area contributed by atoms with E-state index < -0.39 is 10.0 Å². The summed E-state index contributed by atoms with van der Waals surface area (Å²) in [5.41, 5.74) is 0. The molecular weight excluding hydrogens is 344 g/mol. The summed E-state index contributed by atoms with van der Waals surface area (Å²) in [7, 11) is -3.49. The van der Waals surface area contributed by atoms with E-state index in [2.05, 4.69) is 0 Å². The van der Waals surface area contributed by atoms with Gasteiger partial charge in [-0.2, -0.15) is 4.31 Å². The Kier molecular flexibility index (Phi) is 5.87. The lowest BCUT2D eigenvalue weighted by Gasteiger charge is -2.35. The number of sulfonamides is 1. The van der Waals surface area contributed by atoms with Gasteiger partial charge in [0.1, 0.15) is 4.21 Å². The highest BCUT2D eigenvalue weighted by atomic mass is 35.5. The lowest BCUT2D eigenvalue weighted by atomic mass is 10.0. The van der Waals surface area contributed by atoms with Gasteiger partial charge in [-0.15, -0.1) is 11.3 Å².